The van der Waals surface area contributed by atoms with E-state index in [4.69, 9.17) is 0 Å². The molecule has 1 amide bonds. The molecule has 1 aromatic heterocycles. The third kappa shape index (κ3) is 3.46. The van der Waals surface area contributed by atoms with Gasteiger partial charge in [0.2, 0.25) is 0 Å². The molecule has 116 valence electrons. The molecule has 0 aliphatic carbocycles. The quantitative estimate of drug-likeness (QED) is 0.780. The van der Waals surface area contributed by atoms with Crippen molar-refractivity contribution in [3.05, 3.63) is 82.4 Å². The van der Waals surface area contributed by atoms with Crippen LogP contribution in [0.25, 0.3) is 0 Å². The van der Waals surface area contributed by atoms with E-state index in [0.717, 1.165) is 28.4 Å². The van der Waals surface area contributed by atoms with Gasteiger partial charge in [-0.05, 0) is 29.1 Å². The highest BCUT2D eigenvalue weighted by molar-refractivity contribution is 7.08. The van der Waals surface area contributed by atoms with Gasteiger partial charge in [0.15, 0.2) is 0 Å². The maximum absolute atomic E-state index is 12.7. The first-order valence-corrected chi connectivity index (χ1v) is 8.29. The normalized spacial score (nSPS) is 10.7. The van der Waals surface area contributed by atoms with E-state index in [1.807, 2.05) is 67.6 Å². The van der Waals surface area contributed by atoms with E-state index in [1.54, 1.807) is 0 Å². The zero-order valence-corrected chi connectivity index (χ0v) is 13.6. The summed E-state index contributed by atoms with van der Waals surface area (Å²) >= 11 is 1.14. The number of carbonyl (C=O) groups excluding carboxylic acids is 1. The van der Waals surface area contributed by atoms with Crippen molar-refractivity contribution in [3.63, 3.8) is 0 Å². The Kier molecular flexibility index (Phi) is 4.78. The molecule has 23 heavy (non-hydrogen) atoms. The molecule has 0 fully saturated rings. The van der Waals surface area contributed by atoms with Crippen LogP contribution in [0.2, 0.25) is 0 Å². The van der Waals surface area contributed by atoms with Crippen LogP contribution in [0.15, 0.2) is 60.7 Å². The van der Waals surface area contributed by atoms with E-state index in [2.05, 4.69) is 14.9 Å². The highest BCUT2D eigenvalue weighted by atomic mass is 32.1. The molecule has 0 aliphatic heterocycles. The lowest BCUT2D eigenvalue weighted by Gasteiger charge is -2.19. The molecule has 0 atom stereocenters. The van der Waals surface area contributed by atoms with Crippen LogP contribution in [-0.4, -0.2) is 15.5 Å². The van der Waals surface area contributed by atoms with Crippen molar-refractivity contribution in [2.75, 3.05) is 0 Å². The molecule has 0 spiro atoms. The third-order valence-electron chi connectivity index (χ3n) is 3.64. The van der Waals surface area contributed by atoms with Crippen molar-refractivity contribution in [2.45, 2.75) is 19.4 Å². The molecular formula is C18H17N3OS. The van der Waals surface area contributed by atoms with E-state index in [0.29, 0.717) is 11.3 Å². The van der Waals surface area contributed by atoms with Crippen LogP contribution in [0.3, 0.4) is 0 Å². The van der Waals surface area contributed by atoms with Crippen molar-refractivity contribution in [2.24, 2.45) is 0 Å². The standard InChI is InChI=1S/C18H17N3OS/c1-2-15-17(23-21-20-15)18(22)19-16(13-9-5-3-6-10-13)14-11-7-4-8-12-14/h3-12,16H,2H2,1H3,(H,19,22). The Morgan fingerprint density at radius 1 is 1.04 bits per heavy atom. The van der Waals surface area contributed by atoms with Gasteiger partial charge in [0.05, 0.1) is 11.7 Å². The third-order valence-corrected chi connectivity index (χ3v) is 4.41. The summed E-state index contributed by atoms with van der Waals surface area (Å²) in [4.78, 5) is 13.2. The van der Waals surface area contributed by atoms with E-state index in [1.165, 1.54) is 0 Å². The van der Waals surface area contributed by atoms with Crippen LogP contribution in [0, 0.1) is 0 Å². The van der Waals surface area contributed by atoms with Crippen LogP contribution in [0.5, 0.6) is 0 Å². The van der Waals surface area contributed by atoms with Gasteiger partial charge in [-0.1, -0.05) is 72.1 Å². The van der Waals surface area contributed by atoms with E-state index < -0.39 is 0 Å². The summed E-state index contributed by atoms with van der Waals surface area (Å²) in [6, 6.07) is 19.7. The van der Waals surface area contributed by atoms with Crippen molar-refractivity contribution in [3.8, 4) is 0 Å². The minimum atomic E-state index is -0.197. The molecule has 3 rings (SSSR count). The molecule has 4 nitrogen and oxygen atoms in total. The first-order valence-electron chi connectivity index (χ1n) is 7.51. The van der Waals surface area contributed by atoms with Gasteiger partial charge in [-0.25, -0.2) is 0 Å². The lowest BCUT2D eigenvalue weighted by atomic mass is 9.98. The Labute approximate surface area is 139 Å². The van der Waals surface area contributed by atoms with Crippen molar-refractivity contribution in [1.29, 1.82) is 0 Å². The number of carbonyl (C=O) groups is 1. The summed E-state index contributed by atoms with van der Waals surface area (Å²) in [5.74, 6) is -0.130. The Morgan fingerprint density at radius 3 is 2.13 bits per heavy atom. The van der Waals surface area contributed by atoms with E-state index >= 15 is 0 Å². The number of hydrogen-bond donors (Lipinski definition) is 1. The number of aryl methyl sites for hydroxylation is 1. The second-order valence-corrected chi connectivity index (χ2v) is 5.88. The Hall–Kier alpha value is -2.53. The number of benzene rings is 2. The lowest BCUT2D eigenvalue weighted by molar-refractivity contribution is 0.0946. The van der Waals surface area contributed by atoms with E-state index in [-0.39, 0.29) is 11.9 Å². The molecule has 0 bridgehead atoms. The zero-order valence-electron chi connectivity index (χ0n) is 12.8. The molecule has 5 heteroatoms. The summed E-state index contributed by atoms with van der Waals surface area (Å²) in [6.07, 6.45) is 0.695. The highest BCUT2D eigenvalue weighted by Crippen LogP contribution is 2.23. The molecule has 0 radical (unpaired) electrons. The van der Waals surface area contributed by atoms with E-state index in [9.17, 15) is 4.79 Å². The minimum absolute atomic E-state index is 0.130. The van der Waals surface area contributed by atoms with Crippen LogP contribution in [-0.2, 0) is 6.42 Å². The van der Waals surface area contributed by atoms with Crippen LogP contribution >= 0.6 is 11.5 Å². The maximum Gasteiger partial charge on any atom is 0.265 e. The minimum Gasteiger partial charge on any atom is -0.340 e. The topological polar surface area (TPSA) is 54.9 Å². The van der Waals surface area contributed by atoms with Crippen LogP contribution < -0.4 is 5.32 Å². The van der Waals surface area contributed by atoms with Gasteiger partial charge < -0.3 is 5.32 Å². The number of rotatable bonds is 5. The Bertz CT molecular complexity index is 732. The summed E-state index contributed by atoms with van der Waals surface area (Å²) in [6.45, 7) is 1.97. The highest BCUT2D eigenvalue weighted by Gasteiger charge is 2.21. The van der Waals surface area contributed by atoms with Gasteiger partial charge in [0.1, 0.15) is 4.88 Å². The molecule has 1 N–H and O–H groups in total. The van der Waals surface area contributed by atoms with Gasteiger partial charge in [0.25, 0.3) is 5.91 Å². The fraction of sp³-hybridized carbons (Fsp3) is 0.167. The largest absolute Gasteiger partial charge is 0.340 e. The van der Waals surface area contributed by atoms with Crippen molar-refractivity contribution < 1.29 is 4.79 Å². The average molecular weight is 323 g/mol. The first-order chi connectivity index (χ1) is 11.3. The fourth-order valence-electron chi connectivity index (χ4n) is 2.46. The Balaban J connectivity index is 1.92. The second kappa shape index (κ2) is 7.15. The second-order valence-electron chi connectivity index (χ2n) is 5.13. The van der Waals surface area contributed by atoms with Gasteiger partial charge >= 0.3 is 0 Å². The number of nitrogens with zero attached hydrogens (tertiary/aromatic N) is 2. The average Bonchev–Trinajstić information content (AvgIpc) is 3.10. The molecule has 0 saturated carbocycles. The van der Waals surface area contributed by atoms with Gasteiger partial charge in [-0.15, -0.1) is 5.10 Å². The molecule has 3 aromatic rings. The number of aromatic nitrogens is 2. The molecule has 0 aliphatic rings. The van der Waals surface area contributed by atoms with Crippen LogP contribution in [0.4, 0.5) is 0 Å². The zero-order chi connectivity index (χ0) is 16.1. The first kappa shape index (κ1) is 15.4. The summed E-state index contributed by atoms with van der Waals surface area (Å²) in [7, 11) is 0. The predicted octanol–water partition coefficient (Wildman–Crippen LogP) is 3.62. The van der Waals surface area contributed by atoms with Crippen molar-refractivity contribution >= 4 is 17.4 Å². The maximum atomic E-state index is 12.7. The molecule has 1 heterocycles. The number of hydrogen-bond acceptors (Lipinski definition) is 4. The van der Waals surface area contributed by atoms with Crippen LogP contribution in [0.1, 0.15) is 39.5 Å². The summed E-state index contributed by atoms with van der Waals surface area (Å²) in [5.41, 5.74) is 2.83. The number of nitrogens with one attached hydrogen (secondary N) is 1. The summed E-state index contributed by atoms with van der Waals surface area (Å²) in [5, 5.41) is 7.13. The fourth-order valence-corrected chi connectivity index (χ4v) is 3.11. The van der Waals surface area contributed by atoms with Gasteiger partial charge in [-0.3, -0.25) is 4.79 Å². The molecule has 2 aromatic carbocycles. The SMILES string of the molecule is CCc1nnsc1C(=O)NC(c1ccccc1)c1ccccc1. The van der Waals surface area contributed by atoms with Gasteiger partial charge in [0, 0.05) is 0 Å². The molecule has 0 saturated heterocycles. The molecular weight excluding hydrogens is 306 g/mol. The monoisotopic (exact) mass is 323 g/mol. The smallest absolute Gasteiger partial charge is 0.265 e. The van der Waals surface area contributed by atoms with Crippen molar-refractivity contribution in [1.82, 2.24) is 14.9 Å². The lowest BCUT2D eigenvalue weighted by Crippen LogP contribution is -2.29. The van der Waals surface area contributed by atoms with Gasteiger partial charge in [-0.2, -0.15) is 0 Å². The predicted molar refractivity (Wildman–Crippen MR) is 91.5 cm³/mol. The number of amides is 1. The summed E-state index contributed by atoms with van der Waals surface area (Å²) < 4.78 is 3.90. The Morgan fingerprint density at radius 2 is 1.61 bits per heavy atom. The molecule has 0 unspecified atom stereocenters.